The topological polar surface area (TPSA) is 63.9 Å². The molecule has 2 heterocycles. The van der Waals surface area contributed by atoms with E-state index in [4.69, 9.17) is 4.74 Å². The van der Waals surface area contributed by atoms with Crippen molar-refractivity contribution >= 4 is 33.4 Å². The van der Waals surface area contributed by atoms with E-state index in [-0.39, 0.29) is 23.8 Å². The van der Waals surface area contributed by atoms with E-state index in [2.05, 4.69) is 11.1 Å². The third-order valence-corrected chi connectivity index (χ3v) is 6.48. The van der Waals surface area contributed by atoms with Crippen LogP contribution in [0.4, 0.5) is 0 Å². The first kappa shape index (κ1) is 18.8. The second-order valence-corrected chi connectivity index (χ2v) is 7.99. The van der Waals surface area contributed by atoms with Crippen molar-refractivity contribution in [2.75, 3.05) is 33.8 Å². The standard InChI is InChI=1S/C19H25N3O3S/c1-13(18-20-15-6-4-5-7-16(15)26-18)21(2)17(23)12-22-10-8-14(9-11-22)19(24)25-3/h4-7,13-14H,8-12H2,1-3H3/p+1/t13-/m0/s1. The van der Waals surface area contributed by atoms with Crippen molar-refractivity contribution in [3.8, 4) is 0 Å². The largest absolute Gasteiger partial charge is 0.469 e. The molecule has 26 heavy (non-hydrogen) atoms. The van der Waals surface area contributed by atoms with E-state index in [0.717, 1.165) is 41.2 Å². The Hall–Kier alpha value is -1.99. The molecule has 0 spiro atoms. The smallest absolute Gasteiger partial charge is 0.309 e. The molecule has 1 atom stereocenters. The number of benzene rings is 1. The van der Waals surface area contributed by atoms with E-state index in [1.165, 1.54) is 12.0 Å². The van der Waals surface area contributed by atoms with Crippen molar-refractivity contribution in [3.63, 3.8) is 0 Å². The summed E-state index contributed by atoms with van der Waals surface area (Å²) in [5.41, 5.74) is 0.982. The van der Waals surface area contributed by atoms with Gasteiger partial charge in [-0.3, -0.25) is 9.59 Å². The van der Waals surface area contributed by atoms with E-state index < -0.39 is 0 Å². The predicted molar refractivity (Wildman–Crippen MR) is 101 cm³/mol. The molecule has 0 unspecified atom stereocenters. The highest BCUT2D eigenvalue weighted by atomic mass is 32.1. The quantitative estimate of drug-likeness (QED) is 0.799. The summed E-state index contributed by atoms with van der Waals surface area (Å²) in [5, 5.41) is 0.960. The number of quaternary nitrogens is 1. The van der Waals surface area contributed by atoms with Crippen LogP contribution >= 0.6 is 11.3 Å². The molecule has 3 rings (SSSR count). The van der Waals surface area contributed by atoms with E-state index in [1.807, 2.05) is 32.2 Å². The number of piperidine rings is 1. The van der Waals surface area contributed by atoms with Crippen LogP contribution in [0.1, 0.15) is 30.8 Å². The summed E-state index contributed by atoms with van der Waals surface area (Å²) in [5.74, 6) is -0.0292. The number of esters is 1. The van der Waals surface area contributed by atoms with Crippen molar-refractivity contribution in [1.29, 1.82) is 0 Å². The van der Waals surface area contributed by atoms with Crippen molar-refractivity contribution in [2.24, 2.45) is 5.92 Å². The minimum Gasteiger partial charge on any atom is -0.469 e. The minimum absolute atomic E-state index is 0.0155. The summed E-state index contributed by atoms with van der Waals surface area (Å²) in [6, 6.07) is 7.99. The number of hydrogen-bond donors (Lipinski definition) is 1. The Bertz CT molecular complexity index is 750. The molecular weight excluding hydrogens is 350 g/mol. The maximum absolute atomic E-state index is 12.7. The molecule has 1 N–H and O–H groups in total. The second kappa shape index (κ2) is 8.14. The third-order valence-electron chi connectivity index (χ3n) is 5.27. The number of nitrogens with one attached hydrogen (secondary N) is 1. The summed E-state index contributed by atoms with van der Waals surface area (Å²) in [4.78, 5) is 32.0. The number of likely N-dealkylation sites (tertiary alicyclic amines) is 1. The molecule has 0 bridgehead atoms. The number of para-hydroxylation sites is 1. The maximum Gasteiger partial charge on any atom is 0.309 e. The summed E-state index contributed by atoms with van der Waals surface area (Å²) in [7, 11) is 3.28. The first-order valence-electron chi connectivity index (χ1n) is 9.02. The van der Waals surface area contributed by atoms with Crippen LogP contribution in [0.3, 0.4) is 0 Å². The Kier molecular flexibility index (Phi) is 5.88. The second-order valence-electron chi connectivity index (χ2n) is 6.92. The van der Waals surface area contributed by atoms with Gasteiger partial charge in [-0.25, -0.2) is 4.98 Å². The van der Waals surface area contributed by atoms with Gasteiger partial charge >= 0.3 is 5.97 Å². The highest BCUT2D eigenvalue weighted by Crippen LogP contribution is 2.28. The van der Waals surface area contributed by atoms with Gasteiger partial charge in [0, 0.05) is 19.9 Å². The molecule has 1 aromatic carbocycles. The summed E-state index contributed by atoms with van der Waals surface area (Å²) < 4.78 is 5.96. The van der Waals surface area contributed by atoms with Crippen molar-refractivity contribution in [3.05, 3.63) is 29.3 Å². The third kappa shape index (κ3) is 4.04. The summed E-state index contributed by atoms with van der Waals surface area (Å²) in [6.07, 6.45) is 1.57. The van der Waals surface area contributed by atoms with Gasteiger partial charge < -0.3 is 14.5 Å². The zero-order chi connectivity index (χ0) is 18.7. The van der Waals surface area contributed by atoms with Crippen molar-refractivity contribution < 1.29 is 19.2 Å². The molecule has 1 aliphatic rings. The number of likely N-dealkylation sites (N-methyl/N-ethyl adjacent to an activating group) is 1. The lowest BCUT2D eigenvalue weighted by atomic mass is 9.97. The number of rotatable bonds is 5. The van der Waals surface area contributed by atoms with Gasteiger partial charge in [0.15, 0.2) is 6.54 Å². The molecule has 1 aliphatic heterocycles. The predicted octanol–water partition coefficient (Wildman–Crippen LogP) is 1.28. The Morgan fingerprint density at radius 3 is 2.69 bits per heavy atom. The molecule has 0 saturated carbocycles. The number of carbonyl (C=O) groups is 2. The van der Waals surface area contributed by atoms with E-state index >= 15 is 0 Å². The zero-order valence-corrected chi connectivity index (χ0v) is 16.3. The number of ether oxygens (including phenoxy) is 1. The number of carbonyl (C=O) groups excluding carboxylic acids is 2. The molecule has 1 fully saturated rings. The van der Waals surface area contributed by atoms with Gasteiger partial charge in [0.05, 0.1) is 42.4 Å². The number of methoxy groups -OCH3 is 1. The number of thiazole rings is 1. The van der Waals surface area contributed by atoms with E-state index in [0.29, 0.717) is 6.54 Å². The molecule has 1 saturated heterocycles. The first-order valence-corrected chi connectivity index (χ1v) is 9.83. The van der Waals surface area contributed by atoms with Gasteiger partial charge in [-0.1, -0.05) is 12.1 Å². The Labute approximate surface area is 157 Å². The SMILES string of the molecule is COC(=O)C1CC[NH+](CC(=O)N(C)[C@@H](C)c2nc3ccccc3s2)CC1. The molecule has 6 nitrogen and oxygen atoms in total. The molecule has 0 radical (unpaired) electrons. The molecule has 140 valence electrons. The lowest BCUT2D eigenvalue weighted by Crippen LogP contribution is -3.14. The van der Waals surface area contributed by atoms with Gasteiger partial charge in [0.2, 0.25) is 0 Å². The fourth-order valence-electron chi connectivity index (χ4n) is 3.39. The summed E-state index contributed by atoms with van der Waals surface area (Å²) in [6.45, 7) is 4.14. The van der Waals surface area contributed by atoms with Crippen LogP contribution in [-0.2, 0) is 14.3 Å². The molecule has 7 heteroatoms. The fraction of sp³-hybridized carbons (Fsp3) is 0.526. The van der Waals surface area contributed by atoms with Crippen LogP contribution in [0.15, 0.2) is 24.3 Å². The minimum atomic E-state index is -0.128. The van der Waals surface area contributed by atoms with Gasteiger partial charge in [-0.05, 0) is 19.1 Å². The lowest BCUT2D eigenvalue weighted by molar-refractivity contribution is -0.898. The van der Waals surface area contributed by atoms with Crippen LogP contribution in [0, 0.1) is 5.92 Å². The number of hydrogen-bond acceptors (Lipinski definition) is 5. The maximum atomic E-state index is 12.7. The van der Waals surface area contributed by atoms with Crippen LogP contribution in [-0.4, -0.2) is 55.6 Å². The van der Waals surface area contributed by atoms with Gasteiger partial charge in [0.1, 0.15) is 5.01 Å². The van der Waals surface area contributed by atoms with Gasteiger partial charge in [-0.15, -0.1) is 11.3 Å². The van der Waals surface area contributed by atoms with Crippen LogP contribution in [0.5, 0.6) is 0 Å². The highest BCUT2D eigenvalue weighted by molar-refractivity contribution is 7.18. The van der Waals surface area contributed by atoms with Gasteiger partial charge in [-0.2, -0.15) is 0 Å². The molecule has 1 aromatic heterocycles. The average molecular weight is 377 g/mol. The summed E-state index contributed by atoms with van der Waals surface area (Å²) >= 11 is 1.64. The average Bonchev–Trinajstić information content (AvgIpc) is 3.11. The monoisotopic (exact) mass is 376 g/mol. The molecular formula is C19H26N3O3S+. The van der Waals surface area contributed by atoms with Crippen LogP contribution in [0.2, 0.25) is 0 Å². The Morgan fingerprint density at radius 2 is 2.04 bits per heavy atom. The van der Waals surface area contributed by atoms with Crippen LogP contribution < -0.4 is 4.90 Å². The molecule has 0 aliphatic carbocycles. The van der Waals surface area contributed by atoms with Crippen molar-refractivity contribution in [2.45, 2.75) is 25.8 Å². The lowest BCUT2D eigenvalue weighted by Gasteiger charge is -2.30. The van der Waals surface area contributed by atoms with E-state index in [1.54, 1.807) is 16.2 Å². The highest BCUT2D eigenvalue weighted by Gasteiger charge is 2.30. The number of amides is 1. The fourth-order valence-corrected chi connectivity index (χ4v) is 4.46. The van der Waals surface area contributed by atoms with Crippen LogP contribution in [0.25, 0.3) is 10.2 Å². The number of aromatic nitrogens is 1. The van der Waals surface area contributed by atoms with E-state index in [9.17, 15) is 9.59 Å². The zero-order valence-electron chi connectivity index (χ0n) is 15.5. The molecule has 1 amide bonds. The Morgan fingerprint density at radius 1 is 1.35 bits per heavy atom. The van der Waals surface area contributed by atoms with Gasteiger partial charge in [0.25, 0.3) is 5.91 Å². The number of nitrogens with zero attached hydrogens (tertiary/aromatic N) is 2. The Balaban J connectivity index is 1.56. The van der Waals surface area contributed by atoms with Crippen molar-refractivity contribution in [1.82, 2.24) is 9.88 Å². The molecule has 2 aromatic rings. The normalized spacial score (nSPS) is 21.3. The number of fused-ring (bicyclic) bond motifs is 1. The first-order chi connectivity index (χ1) is 12.5.